The molecule has 1 amide bonds. The Labute approximate surface area is 132 Å². The van der Waals surface area contributed by atoms with Gasteiger partial charge in [-0.15, -0.1) is 0 Å². The van der Waals surface area contributed by atoms with Crippen LogP contribution < -0.4 is 10.1 Å². The predicted octanol–water partition coefficient (Wildman–Crippen LogP) is 2.64. The highest BCUT2D eigenvalue weighted by Crippen LogP contribution is 2.22. The molecule has 2 rings (SSSR count). The molecule has 0 aliphatic carbocycles. The molecule has 0 aliphatic rings. The summed E-state index contributed by atoms with van der Waals surface area (Å²) in [6.45, 7) is 0.836. The van der Waals surface area contributed by atoms with Gasteiger partial charge in [-0.1, -0.05) is 30.3 Å². The number of esters is 1. The Kier molecular flexibility index (Phi) is 5.03. The zero-order valence-corrected chi connectivity index (χ0v) is 12.3. The van der Waals surface area contributed by atoms with Crippen LogP contribution in [0.3, 0.4) is 0 Å². The van der Waals surface area contributed by atoms with E-state index in [-0.39, 0.29) is 11.3 Å². The number of hydrogen-bond donors (Lipinski definition) is 1. The molecule has 0 spiro atoms. The molecule has 0 saturated heterocycles. The van der Waals surface area contributed by atoms with Crippen LogP contribution in [-0.4, -0.2) is 16.8 Å². The number of carbonyl (C=O) groups excluding carboxylic acids is 2. The molecule has 0 aromatic heterocycles. The molecule has 0 fully saturated rings. The van der Waals surface area contributed by atoms with Crippen LogP contribution in [0.1, 0.15) is 22.8 Å². The van der Waals surface area contributed by atoms with Crippen molar-refractivity contribution in [3.05, 3.63) is 69.8 Å². The maximum Gasteiger partial charge on any atom is 0.308 e. The lowest BCUT2D eigenvalue weighted by atomic mass is 10.1. The number of para-hydroxylation sites is 2. The first-order valence-electron chi connectivity index (χ1n) is 6.76. The first-order chi connectivity index (χ1) is 11.0. The highest BCUT2D eigenvalue weighted by Gasteiger charge is 2.16. The molecule has 0 heterocycles. The molecule has 23 heavy (non-hydrogen) atoms. The summed E-state index contributed by atoms with van der Waals surface area (Å²) in [5.41, 5.74) is 0.890. The predicted molar refractivity (Wildman–Crippen MR) is 82.8 cm³/mol. The van der Waals surface area contributed by atoms with E-state index in [1.165, 1.54) is 19.1 Å². The van der Waals surface area contributed by atoms with Crippen LogP contribution in [-0.2, 0) is 11.3 Å². The summed E-state index contributed by atoms with van der Waals surface area (Å²) in [7, 11) is 0. The number of benzene rings is 2. The van der Waals surface area contributed by atoms with E-state index in [9.17, 15) is 19.7 Å². The highest BCUT2D eigenvalue weighted by molar-refractivity contribution is 6.06. The molecule has 0 saturated carbocycles. The molecule has 0 aliphatic heterocycles. The van der Waals surface area contributed by atoms with Gasteiger partial charge in [0.2, 0.25) is 6.54 Å². The van der Waals surface area contributed by atoms with E-state index in [0.717, 1.165) is 0 Å². The summed E-state index contributed by atoms with van der Waals surface area (Å²) in [6.07, 6.45) is 0. The van der Waals surface area contributed by atoms with E-state index in [4.69, 9.17) is 4.74 Å². The number of nitrogens with one attached hydrogen (secondary N) is 1. The van der Waals surface area contributed by atoms with Gasteiger partial charge in [0.25, 0.3) is 5.91 Å². The van der Waals surface area contributed by atoms with Gasteiger partial charge in [-0.05, 0) is 18.2 Å². The van der Waals surface area contributed by atoms with Crippen LogP contribution in [0.15, 0.2) is 48.5 Å². The van der Waals surface area contributed by atoms with E-state index >= 15 is 0 Å². The molecule has 118 valence electrons. The zero-order chi connectivity index (χ0) is 16.8. The minimum Gasteiger partial charge on any atom is -0.426 e. The molecule has 1 N–H and O–H groups in total. The average molecular weight is 314 g/mol. The standard InChI is InChI=1S/C16H14N2O5/c1-11(19)23-15-9-5-3-7-13(15)16(20)17-14-8-4-2-6-12(14)10-18(21)22/h2-9H,10H2,1H3,(H,17,20). The number of ether oxygens (including phenoxy) is 1. The van der Waals surface area contributed by atoms with Crippen molar-refractivity contribution >= 4 is 17.6 Å². The first-order valence-corrected chi connectivity index (χ1v) is 6.76. The fraction of sp³-hybridized carbons (Fsp3) is 0.125. The number of rotatable bonds is 5. The third-order valence-electron chi connectivity index (χ3n) is 2.95. The molecular formula is C16H14N2O5. The number of nitrogens with zero attached hydrogens (tertiary/aromatic N) is 1. The molecule has 2 aromatic carbocycles. The number of amides is 1. The summed E-state index contributed by atoms with van der Waals surface area (Å²) in [4.78, 5) is 33.7. The van der Waals surface area contributed by atoms with Crippen LogP contribution in [0, 0.1) is 10.1 Å². The quantitative estimate of drug-likeness (QED) is 0.396. The Morgan fingerprint density at radius 1 is 1.13 bits per heavy atom. The lowest BCUT2D eigenvalue weighted by molar-refractivity contribution is -0.496. The minimum atomic E-state index is -0.543. The molecule has 0 bridgehead atoms. The third-order valence-corrected chi connectivity index (χ3v) is 2.95. The van der Waals surface area contributed by atoms with Gasteiger partial charge in [0.05, 0.1) is 11.3 Å². The van der Waals surface area contributed by atoms with Crippen molar-refractivity contribution in [2.24, 2.45) is 0 Å². The van der Waals surface area contributed by atoms with E-state index in [2.05, 4.69) is 5.32 Å². The highest BCUT2D eigenvalue weighted by atomic mass is 16.6. The van der Waals surface area contributed by atoms with Gasteiger partial charge in [-0.3, -0.25) is 19.7 Å². The fourth-order valence-electron chi connectivity index (χ4n) is 2.01. The van der Waals surface area contributed by atoms with Crippen molar-refractivity contribution < 1.29 is 19.2 Å². The van der Waals surface area contributed by atoms with Crippen LogP contribution >= 0.6 is 0 Å². The smallest absolute Gasteiger partial charge is 0.308 e. The largest absolute Gasteiger partial charge is 0.426 e. The number of anilines is 1. The summed E-state index contributed by atoms with van der Waals surface area (Å²) in [6, 6.07) is 12.7. The lowest BCUT2D eigenvalue weighted by Gasteiger charge is -2.11. The molecule has 7 heteroatoms. The Bertz CT molecular complexity index is 758. The van der Waals surface area contributed by atoms with Crippen LogP contribution in [0.4, 0.5) is 5.69 Å². The normalized spacial score (nSPS) is 9.96. The lowest BCUT2D eigenvalue weighted by Crippen LogP contribution is -2.16. The van der Waals surface area contributed by atoms with Gasteiger partial charge in [0.1, 0.15) is 5.75 Å². The van der Waals surface area contributed by atoms with Crippen LogP contribution in [0.25, 0.3) is 0 Å². The molecular weight excluding hydrogens is 300 g/mol. The average Bonchev–Trinajstić information content (AvgIpc) is 2.48. The van der Waals surface area contributed by atoms with Crippen molar-refractivity contribution in [3.8, 4) is 5.75 Å². The maximum absolute atomic E-state index is 12.4. The van der Waals surface area contributed by atoms with E-state index < -0.39 is 23.3 Å². The first kappa shape index (κ1) is 16.2. The number of hydrogen-bond acceptors (Lipinski definition) is 5. The SMILES string of the molecule is CC(=O)Oc1ccccc1C(=O)Nc1ccccc1C[N+](=O)[O-]. The topological polar surface area (TPSA) is 98.5 Å². The summed E-state index contributed by atoms with van der Waals surface area (Å²) in [5.74, 6) is -0.930. The van der Waals surface area contributed by atoms with Crippen molar-refractivity contribution in [2.45, 2.75) is 13.5 Å². The number of carbonyl (C=O) groups is 2. The number of nitro groups is 1. The van der Waals surface area contributed by atoms with E-state index in [1.807, 2.05) is 0 Å². The molecule has 7 nitrogen and oxygen atoms in total. The molecule has 0 atom stereocenters. The van der Waals surface area contributed by atoms with Gasteiger partial charge >= 0.3 is 5.97 Å². The second-order valence-corrected chi connectivity index (χ2v) is 4.69. The zero-order valence-electron chi connectivity index (χ0n) is 12.3. The summed E-state index contributed by atoms with van der Waals surface area (Å²) in [5, 5.41) is 13.3. The van der Waals surface area contributed by atoms with Gasteiger partial charge in [0.15, 0.2) is 0 Å². The van der Waals surface area contributed by atoms with E-state index in [0.29, 0.717) is 11.3 Å². The third kappa shape index (κ3) is 4.37. The molecule has 0 radical (unpaired) electrons. The Morgan fingerprint density at radius 3 is 2.48 bits per heavy atom. The summed E-state index contributed by atoms with van der Waals surface area (Å²) < 4.78 is 4.99. The Hall–Kier alpha value is -3.22. The minimum absolute atomic E-state index is 0.129. The molecule has 2 aromatic rings. The van der Waals surface area contributed by atoms with Gasteiger partial charge < -0.3 is 10.1 Å². The maximum atomic E-state index is 12.4. The monoisotopic (exact) mass is 314 g/mol. The van der Waals surface area contributed by atoms with Gasteiger partial charge in [0, 0.05) is 17.4 Å². The summed E-state index contributed by atoms with van der Waals surface area (Å²) >= 11 is 0. The second kappa shape index (κ2) is 7.17. The van der Waals surface area contributed by atoms with Crippen molar-refractivity contribution in [1.29, 1.82) is 0 Å². The van der Waals surface area contributed by atoms with Crippen LogP contribution in [0.2, 0.25) is 0 Å². The Balaban J connectivity index is 2.27. The Morgan fingerprint density at radius 2 is 1.78 bits per heavy atom. The fourth-order valence-corrected chi connectivity index (χ4v) is 2.01. The van der Waals surface area contributed by atoms with Gasteiger partial charge in [-0.25, -0.2) is 0 Å². The second-order valence-electron chi connectivity index (χ2n) is 4.69. The van der Waals surface area contributed by atoms with Crippen molar-refractivity contribution in [1.82, 2.24) is 0 Å². The van der Waals surface area contributed by atoms with Crippen molar-refractivity contribution in [3.63, 3.8) is 0 Å². The van der Waals surface area contributed by atoms with Crippen molar-refractivity contribution in [2.75, 3.05) is 5.32 Å². The molecule has 0 unspecified atom stereocenters. The van der Waals surface area contributed by atoms with Crippen LogP contribution in [0.5, 0.6) is 5.75 Å². The van der Waals surface area contributed by atoms with Gasteiger partial charge in [-0.2, -0.15) is 0 Å². The van der Waals surface area contributed by atoms with E-state index in [1.54, 1.807) is 36.4 Å².